The monoisotopic (exact) mass is 512 g/mol. The lowest BCUT2D eigenvalue weighted by Crippen LogP contribution is -2.37. The van der Waals surface area contributed by atoms with Crippen LogP contribution < -0.4 is 15.4 Å². The van der Waals surface area contributed by atoms with E-state index < -0.39 is 0 Å². The lowest BCUT2D eigenvalue weighted by atomic mass is 10.0. The third kappa shape index (κ3) is 7.08. The first-order valence-corrected chi connectivity index (χ1v) is 12.3. The topological polar surface area (TPSA) is 105 Å². The van der Waals surface area contributed by atoms with Crippen LogP contribution in [-0.4, -0.2) is 45.7 Å². The van der Waals surface area contributed by atoms with Crippen molar-refractivity contribution in [3.63, 3.8) is 0 Å². The second kappa shape index (κ2) is 12.6. The molecule has 0 aliphatic heterocycles. The minimum Gasteiger partial charge on any atom is -0.489 e. The zero-order valence-corrected chi connectivity index (χ0v) is 21.7. The Kier molecular flexibility index (Phi) is 9.50. The highest BCUT2D eigenvalue weighted by Gasteiger charge is 2.17. The van der Waals surface area contributed by atoms with E-state index in [0.29, 0.717) is 35.6 Å². The number of amides is 2. The number of rotatable bonds is 12. The van der Waals surface area contributed by atoms with Gasteiger partial charge in [0.05, 0.1) is 22.9 Å². The second-order valence-electron chi connectivity index (χ2n) is 9.00. The van der Waals surface area contributed by atoms with E-state index in [9.17, 15) is 14.7 Å². The Morgan fingerprint density at radius 2 is 1.92 bits per heavy atom. The summed E-state index contributed by atoms with van der Waals surface area (Å²) in [6.07, 6.45) is 3.54. The SMILES string of the molecule is CC(C)Oc1ccc(C(=O)N[C@H](CCO)Cc2ccc(-c3cn(C)c(C(C)NC=O)n3)cc2)cc1Cl. The first-order chi connectivity index (χ1) is 17.2. The highest BCUT2D eigenvalue weighted by Crippen LogP contribution is 2.27. The van der Waals surface area contributed by atoms with Gasteiger partial charge in [-0.1, -0.05) is 35.9 Å². The minimum atomic E-state index is -0.262. The van der Waals surface area contributed by atoms with E-state index in [2.05, 4.69) is 15.6 Å². The fourth-order valence-corrected chi connectivity index (χ4v) is 4.16. The average molecular weight is 513 g/mol. The number of aliphatic hydroxyl groups excluding tert-OH is 1. The number of nitrogens with zero attached hydrogens (tertiary/aromatic N) is 2. The quantitative estimate of drug-likeness (QED) is 0.317. The van der Waals surface area contributed by atoms with E-state index in [0.717, 1.165) is 22.6 Å². The first-order valence-electron chi connectivity index (χ1n) is 11.9. The molecule has 0 radical (unpaired) electrons. The van der Waals surface area contributed by atoms with Gasteiger partial charge >= 0.3 is 0 Å². The zero-order valence-electron chi connectivity index (χ0n) is 21.0. The Morgan fingerprint density at radius 1 is 1.19 bits per heavy atom. The molecule has 0 aliphatic carbocycles. The lowest BCUT2D eigenvalue weighted by molar-refractivity contribution is -0.110. The molecule has 2 amide bonds. The Labute approximate surface area is 216 Å². The number of carbonyl (C=O) groups excluding carboxylic acids is 2. The van der Waals surface area contributed by atoms with Gasteiger partial charge in [0.1, 0.15) is 11.6 Å². The van der Waals surface area contributed by atoms with E-state index in [1.54, 1.807) is 18.2 Å². The maximum Gasteiger partial charge on any atom is 0.251 e. The third-order valence-electron chi connectivity index (χ3n) is 5.72. The molecule has 2 aromatic carbocycles. The molecule has 36 heavy (non-hydrogen) atoms. The normalized spacial score (nSPS) is 12.8. The van der Waals surface area contributed by atoms with Crippen molar-refractivity contribution >= 4 is 23.9 Å². The van der Waals surface area contributed by atoms with Crippen molar-refractivity contribution in [1.29, 1.82) is 0 Å². The Hall–Kier alpha value is -3.36. The van der Waals surface area contributed by atoms with Crippen molar-refractivity contribution in [1.82, 2.24) is 20.2 Å². The molecule has 3 N–H and O–H groups in total. The van der Waals surface area contributed by atoms with Crippen LogP contribution in [0.25, 0.3) is 11.3 Å². The smallest absolute Gasteiger partial charge is 0.251 e. The Morgan fingerprint density at radius 3 is 2.53 bits per heavy atom. The van der Waals surface area contributed by atoms with Crippen LogP contribution in [0, 0.1) is 0 Å². The molecule has 9 heteroatoms. The van der Waals surface area contributed by atoms with Gasteiger partial charge in [-0.25, -0.2) is 4.98 Å². The summed E-state index contributed by atoms with van der Waals surface area (Å²) in [5, 5.41) is 15.6. The van der Waals surface area contributed by atoms with Gasteiger partial charge in [-0.2, -0.15) is 0 Å². The van der Waals surface area contributed by atoms with Crippen LogP contribution in [0.5, 0.6) is 5.75 Å². The molecule has 0 fully saturated rings. The van der Waals surface area contributed by atoms with Crippen LogP contribution in [0.2, 0.25) is 5.02 Å². The average Bonchev–Trinajstić information content (AvgIpc) is 3.22. The number of hydrogen-bond donors (Lipinski definition) is 3. The molecule has 0 saturated heterocycles. The number of aliphatic hydroxyl groups is 1. The van der Waals surface area contributed by atoms with E-state index in [1.165, 1.54) is 0 Å². The predicted molar refractivity (Wildman–Crippen MR) is 140 cm³/mol. The zero-order chi connectivity index (χ0) is 26.2. The first kappa shape index (κ1) is 27.2. The van der Waals surface area contributed by atoms with E-state index in [4.69, 9.17) is 16.3 Å². The van der Waals surface area contributed by atoms with Crippen LogP contribution in [0.1, 0.15) is 55.0 Å². The van der Waals surface area contributed by atoms with Crippen molar-refractivity contribution in [3.05, 3.63) is 70.6 Å². The number of imidazole rings is 1. The largest absolute Gasteiger partial charge is 0.489 e. The molecule has 0 saturated carbocycles. The summed E-state index contributed by atoms with van der Waals surface area (Å²) in [7, 11) is 1.89. The highest BCUT2D eigenvalue weighted by atomic mass is 35.5. The summed E-state index contributed by atoms with van der Waals surface area (Å²) in [5.74, 6) is 1.03. The van der Waals surface area contributed by atoms with Crippen molar-refractivity contribution in [2.75, 3.05) is 6.61 Å². The third-order valence-corrected chi connectivity index (χ3v) is 6.01. The summed E-state index contributed by atoms with van der Waals surface area (Å²) in [6.45, 7) is 5.64. The molecule has 1 aromatic heterocycles. The van der Waals surface area contributed by atoms with Gasteiger partial charge < -0.3 is 25.0 Å². The molecular formula is C27H33ClN4O4. The molecule has 0 spiro atoms. The van der Waals surface area contributed by atoms with E-state index in [1.807, 2.05) is 62.8 Å². The molecule has 0 bridgehead atoms. The van der Waals surface area contributed by atoms with Gasteiger partial charge in [-0.15, -0.1) is 0 Å². The second-order valence-corrected chi connectivity index (χ2v) is 9.40. The molecule has 8 nitrogen and oxygen atoms in total. The minimum absolute atomic E-state index is 0.0229. The summed E-state index contributed by atoms with van der Waals surface area (Å²) in [6, 6.07) is 12.4. The number of aryl methyl sites for hydroxylation is 1. The van der Waals surface area contributed by atoms with Gasteiger partial charge in [-0.3, -0.25) is 9.59 Å². The summed E-state index contributed by atoms with van der Waals surface area (Å²) >= 11 is 6.28. The number of halogens is 1. The number of benzene rings is 2. The van der Waals surface area contributed by atoms with Crippen molar-refractivity contribution < 1.29 is 19.4 Å². The molecule has 3 rings (SSSR count). The molecular weight excluding hydrogens is 480 g/mol. The summed E-state index contributed by atoms with van der Waals surface area (Å²) in [4.78, 5) is 28.3. The maximum absolute atomic E-state index is 12.9. The standard InChI is InChI=1S/C27H33ClN4O4/c1-17(2)36-25-10-9-21(14-23(25)28)27(35)30-22(11-12-33)13-19-5-7-20(8-6-19)24-15-32(4)26(31-24)18(3)29-16-34/h5-10,14-18,22,33H,11-13H2,1-4H3,(H,29,34)(H,30,35)/t18?,22-/m1/s1. The number of carbonyl (C=O) groups is 2. The van der Waals surface area contributed by atoms with Crippen molar-refractivity contribution in [2.24, 2.45) is 7.05 Å². The summed E-state index contributed by atoms with van der Waals surface area (Å²) < 4.78 is 7.52. The van der Waals surface area contributed by atoms with Crippen LogP contribution >= 0.6 is 11.6 Å². The molecule has 0 aliphatic rings. The molecule has 192 valence electrons. The van der Waals surface area contributed by atoms with Gasteiger partial charge in [0.2, 0.25) is 6.41 Å². The molecule has 1 unspecified atom stereocenters. The van der Waals surface area contributed by atoms with E-state index in [-0.39, 0.29) is 30.7 Å². The van der Waals surface area contributed by atoms with Crippen LogP contribution in [0.3, 0.4) is 0 Å². The van der Waals surface area contributed by atoms with E-state index >= 15 is 0 Å². The summed E-state index contributed by atoms with van der Waals surface area (Å²) in [5.41, 5.74) is 3.20. The number of ether oxygens (including phenoxy) is 1. The maximum atomic E-state index is 12.9. The number of nitrogens with one attached hydrogen (secondary N) is 2. The highest BCUT2D eigenvalue weighted by molar-refractivity contribution is 6.32. The molecule has 3 aromatic rings. The van der Waals surface area contributed by atoms with Crippen molar-refractivity contribution in [2.45, 2.75) is 51.8 Å². The van der Waals surface area contributed by atoms with Crippen LogP contribution in [0.4, 0.5) is 0 Å². The van der Waals surface area contributed by atoms with Gasteiger partial charge in [0.15, 0.2) is 0 Å². The molecule has 1 heterocycles. The Balaban J connectivity index is 1.68. The fraction of sp³-hybridized carbons (Fsp3) is 0.370. The predicted octanol–water partition coefficient (Wildman–Crippen LogP) is 4.06. The lowest BCUT2D eigenvalue weighted by Gasteiger charge is -2.19. The van der Waals surface area contributed by atoms with Gasteiger partial charge in [0.25, 0.3) is 5.91 Å². The Bertz CT molecular complexity index is 1180. The van der Waals surface area contributed by atoms with Crippen LogP contribution in [-0.2, 0) is 18.3 Å². The number of hydrogen-bond acceptors (Lipinski definition) is 5. The molecule has 2 atom stereocenters. The van der Waals surface area contributed by atoms with Crippen molar-refractivity contribution in [3.8, 4) is 17.0 Å². The van der Waals surface area contributed by atoms with Gasteiger partial charge in [0, 0.05) is 37.0 Å². The van der Waals surface area contributed by atoms with Crippen LogP contribution in [0.15, 0.2) is 48.7 Å². The van der Waals surface area contributed by atoms with Gasteiger partial charge in [-0.05, 0) is 57.4 Å². The number of aromatic nitrogens is 2. The fourth-order valence-electron chi connectivity index (χ4n) is 3.94.